The van der Waals surface area contributed by atoms with E-state index in [1.807, 2.05) is 61.5 Å². The SMILES string of the molecule is CN(C)c1ccc(-c2cc(NC(=O)c3ccc(C(F)(F)F)cc3)c(=O)n([C@@H](COCc3ccccc3)C(=O)O)c2)cc1. The highest BCUT2D eigenvalue weighted by Gasteiger charge is 2.30. The van der Waals surface area contributed by atoms with Crippen LogP contribution in [-0.4, -0.2) is 42.3 Å². The number of carbonyl (C=O) groups excluding carboxylic acids is 1. The second-order valence-corrected chi connectivity index (χ2v) is 9.68. The monoisotopic (exact) mass is 579 g/mol. The number of carboxylic acids is 1. The highest BCUT2D eigenvalue weighted by atomic mass is 19.4. The summed E-state index contributed by atoms with van der Waals surface area (Å²) in [5.41, 5.74) is 0.669. The highest BCUT2D eigenvalue weighted by molar-refractivity contribution is 6.04. The molecule has 0 bridgehead atoms. The van der Waals surface area contributed by atoms with Crippen LogP contribution < -0.4 is 15.8 Å². The molecule has 0 unspecified atom stereocenters. The van der Waals surface area contributed by atoms with Gasteiger partial charge in [0, 0.05) is 37.1 Å². The number of carbonyl (C=O) groups is 2. The van der Waals surface area contributed by atoms with Crippen LogP contribution in [0.15, 0.2) is 95.9 Å². The third kappa shape index (κ3) is 7.24. The Morgan fingerprint density at radius 1 is 0.952 bits per heavy atom. The quantitative estimate of drug-likeness (QED) is 0.250. The Morgan fingerprint density at radius 2 is 1.60 bits per heavy atom. The van der Waals surface area contributed by atoms with Crippen molar-refractivity contribution in [1.82, 2.24) is 4.57 Å². The molecule has 0 spiro atoms. The van der Waals surface area contributed by atoms with Crippen molar-refractivity contribution in [1.29, 1.82) is 0 Å². The Hall–Kier alpha value is -4.90. The molecular weight excluding hydrogens is 551 g/mol. The molecule has 1 atom stereocenters. The summed E-state index contributed by atoms with van der Waals surface area (Å²) in [7, 11) is 3.74. The molecule has 0 aliphatic heterocycles. The molecule has 1 aromatic heterocycles. The summed E-state index contributed by atoms with van der Waals surface area (Å²) in [4.78, 5) is 40.7. The van der Waals surface area contributed by atoms with Gasteiger partial charge in [0.25, 0.3) is 11.5 Å². The number of benzene rings is 3. The molecule has 1 heterocycles. The maximum absolute atomic E-state index is 13.5. The van der Waals surface area contributed by atoms with Gasteiger partial charge in [-0.25, -0.2) is 4.79 Å². The molecule has 4 aromatic rings. The number of pyridine rings is 1. The second-order valence-electron chi connectivity index (χ2n) is 9.68. The van der Waals surface area contributed by atoms with Crippen LogP contribution in [0.2, 0.25) is 0 Å². The molecule has 0 radical (unpaired) electrons. The maximum atomic E-state index is 13.5. The number of nitrogens with zero attached hydrogens (tertiary/aromatic N) is 2. The molecule has 11 heteroatoms. The van der Waals surface area contributed by atoms with E-state index in [-0.39, 0.29) is 24.5 Å². The van der Waals surface area contributed by atoms with Crippen LogP contribution in [0, 0.1) is 0 Å². The van der Waals surface area contributed by atoms with Crippen molar-refractivity contribution < 1.29 is 32.6 Å². The standard InChI is InChI=1S/C31H28F3N3O5/c1-36(2)25-14-10-21(11-15-25)23-16-26(35-28(38)22-8-12-24(13-9-22)31(32,33)34)29(39)37(17-23)27(30(40)41)19-42-18-20-6-4-3-5-7-20/h3-17,27H,18-19H2,1-2H3,(H,35,38)(H,40,41)/t27-/m0/s1. The minimum atomic E-state index is -4.58. The molecule has 218 valence electrons. The number of ether oxygens (including phenoxy) is 1. The fraction of sp³-hybridized carbons (Fsp3) is 0.194. The lowest BCUT2D eigenvalue weighted by atomic mass is 10.1. The van der Waals surface area contributed by atoms with Crippen LogP contribution >= 0.6 is 0 Å². The van der Waals surface area contributed by atoms with Crippen molar-refractivity contribution in [2.45, 2.75) is 18.8 Å². The average Bonchev–Trinajstić information content (AvgIpc) is 2.96. The summed E-state index contributed by atoms with van der Waals surface area (Å²) in [5, 5.41) is 12.5. The zero-order chi connectivity index (χ0) is 30.4. The van der Waals surface area contributed by atoms with Gasteiger partial charge in [-0.2, -0.15) is 13.2 Å². The first kappa shape index (κ1) is 30.1. The first-order chi connectivity index (χ1) is 19.9. The second kappa shape index (κ2) is 12.7. The van der Waals surface area contributed by atoms with Crippen LogP contribution in [0.1, 0.15) is 27.5 Å². The number of aliphatic carboxylic acids is 1. The lowest BCUT2D eigenvalue weighted by molar-refractivity contribution is -0.143. The number of aromatic nitrogens is 1. The predicted octanol–water partition coefficient (Wildman–Crippen LogP) is 5.69. The fourth-order valence-corrected chi connectivity index (χ4v) is 4.17. The summed E-state index contributed by atoms with van der Waals surface area (Å²) < 4.78 is 45.5. The summed E-state index contributed by atoms with van der Waals surface area (Å²) in [6.45, 7) is -0.234. The molecule has 0 saturated heterocycles. The predicted molar refractivity (Wildman–Crippen MR) is 153 cm³/mol. The van der Waals surface area contributed by atoms with Gasteiger partial charge in [0.05, 0.1) is 18.8 Å². The topological polar surface area (TPSA) is 101 Å². The largest absolute Gasteiger partial charge is 0.480 e. The van der Waals surface area contributed by atoms with Crippen molar-refractivity contribution in [3.63, 3.8) is 0 Å². The molecule has 42 heavy (non-hydrogen) atoms. The van der Waals surface area contributed by atoms with Gasteiger partial charge < -0.3 is 20.1 Å². The van der Waals surface area contributed by atoms with Gasteiger partial charge in [0.2, 0.25) is 0 Å². The molecule has 8 nitrogen and oxygen atoms in total. The van der Waals surface area contributed by atoms with Gasteiger partial charge >= 0.3 is 12.1 Å². The Balaban J connectivity index is 1.70. The van der Waals surface area contributed by atoms with Crippen molar-refractivity contribution in [3.8, 4) is 11.1 Å². The van der Waals surface area contributed by atoms with Crippen molar-refractivity contribution in [2.75, 3.05) is 30.9 Å². The molecule has 0 aliphatic rings. The lowest BCUT2D eigenvalue weighted by Gasteiger charge is -2.19. The van der Waals surface area contributed by atoms with Crippen LogP contribution in [0.25, 0.3) is 11.1 Å². The molecule has 4 rings (SSSR count). The maximum Gasteiger partial charge on any atom is 0.416 e. The first-order valence-corrected chi connectivity index (χ1v) is 12.8. The van der Waals surface area contributed by atoms with E-state index in [9.17, 15) is 32.7 Å². The minimum Gasteiger partial charge on any atom is -0.480 e. The van der Waals surface area contributed by atoms with E-state index in [4.69, 9.17) is 4.74 Å². The highest BCUT2D eigenvalue weighted by Crippen LogP contribution is 2.29. The number of hydrogen-bond donors (Lipinski definition) is 2. The smallest absolute Gasteiger partial charge is 0.416 e. The molecule has 0 aliphatic carbocycles. The van der Waals surface area contributed by atoms with E-state index in [0.29, 0.717) is 11.1 Å². The molecule has 0 saturated carbocycles. The van der Waals surface area contributed by atoms with Crippen LogP contribution in [-0.2, 0) is 22.3 Å². The van der Waals surface area contributed by atoms with E-state index < -0.39 is 35.2 Å². The Labute approximate surface area is 239 Å². The number of alkyl halides is 3. The van der Waals surface area contributed by atoms with Gasteiger partial charge in [0.15, 0.2) is 6.04 Å². The molecular formula is C31H28F3N3O5. The fourth-order valence-electron chi connectivity index (χ4n) is 4.17. The van der Waals surface area contributed by atoms with Crippen LogP contribution in [0.5, 0.6) is 0 Å². The Kier molecular flexibility index (Phi) is 9.12. The normalized spacial score (nSPS) is 12.0. The number of amides is 1. The van der Waals surface area contributed by atoms with Gasteiger partial charge in [0.1, 0.15) is 5.69 Å². The number of halogens is 3. The Morgan fingerprint density at radius 3 is 2.17 bits per heavy atom. The van der Waals surface area contributed by atoms with Gasteiger partial charge in [-0.15, -0.1) is 0 Å². The van der Waals surface area contributed by atoms with Crippen LogP contribution in [0.4, 0.5) is 24.5 Å². The molecule has 2 N–H and O–H groups in total. The lowest BCUT2D eigenvalue weighted by Crippen LogP contribution is -2.34. The Bertz CT molecular complexity index is 1600. The van der Waals surface area contributed by atoms with Crippen molar-refractivity contribution in [3.05, 3.63) is 118 Å². The van der Waals surface area contributed by atoms with Crippen LogP contribution in [0.3, 0.4) is 0 Å². The van der Waals surface area contributed by atoms with E-state index in [1.54, 1.807) is 12.1 Å². The third-order valence-corrected chi connectivity index (χ3v) is 6.49. The zero-order valence-corrected chi connectivity index (χ0v) is 22.8. The summed E-state index contributed by atoms with van der Waals surface area (Å²) in [6.07, 6.45) is -3.20. The molecule has 1 amide bonds. The number of carboxylic acid groups (broad SMARTS) is 1. The van der Waals surface area contributed by atoms with E-state index in [2.05, 4.69) is 5.32 Å². The van der Waals surface area contributed by atoms with Crippen molar-refractivity contribution >= 4 is 23.3 Å². The number of hydrogen-bond acceptors (Lipinski definition) is 5. The van der Waals surface area contributed by atoms with Gasteiger partial charge in [-0.3, -0.25) is 14.2 Å². The van der Waals surface area contributed by atoms with Crippen molar-refractivity contribution in [2.24, 2.45) is 0 Å². The average molecular weight is 580 g/mol. The van der Waals surface area contributed by atoms with Gasteiger partial charge in [-0.05, 0) is 53.6 Å². The first-order valence-electron chi connectivity index (χ1n) is 12.8. The number of rotatable bonds is 10. The molecule has 3 aromatic carbocycles. The number of anilines is 2. The summed E-state index contributed by atoms with van der Waals surface area (Å²) in [6, 6.07) is 19.8. The van der Waals surface area contributed by atoms with E-state index in [0.717, 1.165) is 40.1 Å². The summed E-state index contributed by atoms with van der Waals surface area (Å²) >= 11 is 0. The van der Waals surface area contributed by atoms with E-state index >= 15 is 0 Å². The zero-order valence-electron chi connectivity index (χ0n) is 22.8. The molecule has 0 fully saturated rings. The third-order valence-electron chi connectivity index (χ3n) is 6.49. The summed E-state index contributed by atoms with van der Waals surface area (Å²) in [5.74, 6) is -2.16. The van der Waals surface area contributed by atoms with Gasteiger partial charge in [-0.1, -0.05) is 42.5 Å². The minimum absolute atomic E-state index is 0.114. The number of nitrogens with one attached hydrogen (secondary N) is 1. The van der Waals surface area contributed by atoms with E-state index in [1.165, 1.54) is 12.3 Å².